The van der Waals surface area contributed by atoms with Crippen LogP contribution in [0.1, 0.15) is 46.5 Å². The Hall–Kier alpha value is -0.340. The SMILES string of the molecule is COC1OCCC12CC1C=C(C)CCC1C2(C)C. The first-order valence-electron chi connectivity index (χ1n) is 7.33. The monoisotopic (exact) mass is 250 g/mol. The first-order chi connectivity index (χ1) is 8.51. The van der Waals surface area contributed by atoms with Crippen molar-refractivity contribution in [3.05, 3.63) is 11.6 Å². The highest BCUT2D eigenvalue weighted by atomic mass is 16.7. The molecule has 102 valence electrons. The van der Waals surface area contributed by atoms with Gasteiger partial charge < -0.3 is 9.47 Å². The van der Waals surface area contributed by atoms with Crippen molar-refractivity contribution in [1.82, 2.24) is 0 Å². The molecular weight excluding hydrogens is 224 g/mol. The molecular formula is C16H26O2. The fourth-order valence-electron chi connectivity index (χ4n) is 5.06. The molecule has 0 amide bonds. The van der Waals surface area contributed by atoms with Gasteiger partial charge in [0.05, 0.1) is 6.61 Å². The van der Waals surface area contributed by atoms with Gasteiger partial charge in [-0.2, -0.15) is 0 Å². The Labute approximate surface area is 111 Å². The molecule has 3 rings (SSSR count). The maximum atomic E-state index is 5.87. The van der Waals surface area contributed by atoms with E-state index in [2.05, 4.69) is 26.8 Å². The van der Waals surface area contributed by atoms with Crippen LogP contribution in [0.3, 0.4) is 0 Å². The van der Waals surface area contributed by atoms with Crippen molar-refractivity contribution < 1.29 is 9.47 Å². The van der Waals surface area contributed by atoms with Crippen molar-refractivity contribution in [3.63, 3.8) is 0 Å². The third-order valence-electron chi connectivity index (χ3n) is 6.16. The van der Waals surface area contributed by atoms with Crippen molar-refractivity contribution in [2.45, 2.75) is 52.7 Å². The van der Waals surface area contributed by atoms with Gasteiger partial charge in [-0.3, -0.25) is 0 Å². The minimum atomic E-state index is 0.00630. The van der Waals surface area contributed by atoms with E-state index < -0.39 is 0 Å². The smallest absolute Gasteiger partial charge is 0.163 e. The van der Waals surface area contributed by atoms with E-state index in [1.807, 2.05) is 0 Å². The van der Waals surface area contributed by atoms with Crippen molar-refractivity contribution in [2.24, 2.45) is 22.7 Å². The molecule has 2 nitrogen and oxygen atoms in total. The number of ether oxygens (including phenoxy) is 2. The Balaban J connectivity index is 1.98. The summed E-state index contributed by atoms with van der Waals surface area (Å²) in [6.45, 7) is 8.05. The molecule has 2 aliphatic carbocycles. The number of rotatable bonds is 1. The van der Waals surface area contributed by atoms with Gasteiger partial charge in [-0.1, -0.05) is 25.5 Å². The minimum absolute atomic E-state index is 0.00630. The summed E-state index contributed by atoms with van der Waals surface area (Å²) < 4.78 is 11.5. The number of allylic oxidation sites excluding steroid dienone is 2. The largest absolute Gasteiger partial charge is 0.355 e. The number of methoxy groups -OCH3 is 1. The Morgan fingerprint density at radius 3 is 2.89 bits per heavy atom. The van der Waals surface area contributed by atoms with Crippen LogP contribution in [0, 0.1) is 22.7 Å². The molecule has 4 unspecified atom stereocenters. The summed E-state index contributed by atoms with van der Waals surface area (Å²) in [5, 5.41) is 0. The molecule has 1 spiro atoms. The molecule has 0 aromatic carbocycles. The second-order valence-corrected chi connectivity index (χ2v) is 7.09. The first kappa shape index (κ1) is 12.7. The summed E-state index contributed by atoms with van der Waals surface area (Å²) in [5.41, 5.74) is 2.14. The summed E-state index contributed by atoms with van der Waals surface area (Å²) in [5.74, 6) is 1.55. The molecule has 2 heteroatoms. The minimum Gasteiger partial charge on any atom is -0.355 e. The van der Waals surface area contributed by atoms with Crippen LogP contribution in [0.2, 0.25) is 0 Å². The Bertz CT molecular complexity index is 371. The standard InChI is InChI=1S/C16H26O2/c1-11-5-6-13-12(9-11)10-16(15(13,2)3)7-8-18-14(16)17-4/h9,12-14H,5-8,10H2,1-4H3. The van der Waals surface area contributed by atoms with Gasteiger partial charge in [-0.05, 0) is 49.9 Å². The van der Waals surface area contributed by atoms with Gasteiger partial charge in [0.2, 0.25) is 0 Å². The van der Waals surface area contributed by atoms with E-state index in [4.69, 9.17) is 9.47 Å². The molecule has 0 aromatic heterocycles. The van der Waals surface area contributed by atoms with Gasteiger partial charge in [0, 0.05) is 12.5 Å². The summed E-state index contributed by atoms with van der Waals surface area (Å²) in [6.07, 6.45) is 7.58. The summed E-state index contributed by atoms with van der Waals surface area (Å²) >= 11 is 0. The highest BCUT2D eigenvalue weighted by molar-refractivity contribution is 5.18. The fraction of sp³-hybridized carbons (Fsp3) is 0.875. The molecule has 1 saturated heterocycles. The van der Waals surface area contributed by atoms with Gasteiger partial charge in [-0.25, -0.2) is 0 Å². The van der Waals surface area contributed by atoms with Crippen molar-refractivity contribution in [2.75, 3.05) is 13.7 Å². The van der Waals surface area contributed by atoms with Crippen LogP contribution in [-0.4, -0.2) is 20.0 Å². The third kappa shape index (κ3) is 1.48. The maximum absolute atomic E-state index is 5.87. The summed E-state index contributed by atoms with van der Waals surface area (Å²) in [4.78, 5) is 0. The predicted octanol–water partition coefficient (Wildman–Crippen LogP) is 3.77. The highest BCUT2D eigenvalue weighted by Gasteiger charge is 2.63. The lowest BCUT2D eigenvalue weighted by Gasteiger charge is -2.44. The molecule has 18 heavy (non-hydrogen) atoms. The Morgan fingerprint density at radius 2 is 2.17 bits per heavy atom. The molecule has 1 heterocycles. The normalized spacial score (nSPS) is 46.2. The topological polar surface area (TPSA) is 18.5 Å². The van der Waals surface area contributed by atoms with E-state index in [9.17, 15) is 0 Å². The number of hydrogen-bond acceptors (Lipinski definition) is 2. The van der Waals surface area contributed by atoms with E-state index in [1.165, 1.54) is 25.7 Å². The quantitative estimate of drug-likeness (QED) is 0.660. The first-order valence-corrected chi connectivity index (χ1v) is 7.33. The fourth-order valence-corrected chi connectivity index (χ4v) is 5.06. The molecule has 1 saturated carbocycles. The van der Waals surface area contributed by atoms with Gasteiger partial charge in [0.25, 0.3) is 0 Å². The van der Waals surface area contributed by atoms with E-state index in [1.54, 1.807) is 12.7 Å². The van der Waals surface area contributed by atoms with Crippen molar-refractivity contribution in [3.8, 4) is 0 Å². The summed E-state index contributed by atoms with van der Waals surface area (Å²) in [7, 11) is 1.80. The van der Waals surface area contributed by atoms with Crippen LogP contribution in [0.25, 0.3) is 0 Å². The average Bonchev–Trinajstić information content (AvgIpc) is 2.81. The zero-order valence-corrected chi connectivity index (χ0v) is 12.2. The molecule has 0 N–H and O–H groups in total. The number of hydrogen-bond donors (Lipinski definition) is 0. The van der Waals surface area contributed by atoms with Gasteiger partial charge in [0.15, 0.2) is 6.29 Å². The van der Waals surface area contributed by atoms with Crippen LogP contribution in [0.4, 0.5) is 0 Å². The molecule has 0 bridgehead atoms. The van der Waals surface area contributed by atoms with E-state index >= 15 is 0 Å². The molecule has 2 fully saturated rings. The van der Waals surface area contributed by atoms with Crippen molar-refractivity contribution >= 4 is 0 Å². The molecule has 0 radical (unpaired) electrons. The second kappa shape index (κ2) is 4.08. The van der Waals surface area contributed by atoms with Crippen LogP contribution in [0.15, 0.2) is 11.6 Å². The lowest BCUT2D eigenvalue weighted by molar-refractivity contribution is -0.170. The van der Waals surface area contributed by atoms with Gasteiger partial charge >= 0.3 is 0 Å². The molecule has 4 atom stereocenters. The van der Waals surface area contributed by atoms with Crippen LogP contribution < -0.4 is 0 Å². The van der Waals surface area contributed by atoms with Gasteiger partial charge in [0.1, 0.15) is 0 Å². The van der Waals surface area contributed by atoms with Crippen LogP contribution >= 0.6 is 0 Å². The van der Waals surface area contributed by atoms with E-state index in [-0.39, 0.29) is 11.7 Å². The predicted molar refractivity (Wildman–Crippen MR) is 72.2 cm³/mol. The summed E-state index contributed by atoms with van der Waals surface area (Å²) in [6, 6.07) is 0. The average molecular weight is 250 g/mol. The van der Waals surface area contributed by atoms with Crippen LogP contribution in [-0.2, 0) is 9.47 Å². The van der Waals surface area contributed by atoms with E-state index in [0.29, 0.717) is 5.41 Å². The zero-order valence-electron chi connectivity index (χ0n) is 12.2. The highest BCUT2D eigenvalue weighted by Crippen LogP contribution is 2.66. The molecule has 0 aromatic rings. The van der Waals surface area contributed by atoms with Gasteiger partial charge in [-0.15, -0.1) is 0 Å². The Kier molecular flexibility index (Phi) is 2.87. The van der Waals surface area contributed by atoms with E-state index in [0.717, 1.165) is 18.4 Å². The third-order valence-corrected chi connectivity index (χ3v) is 6.16. The number of fused-ring (bicyclic) bond motifs is 1. The zero-order chi connectivity index (χ0) is 13.0. The lowest BCUT2D eigenvalue weighted by Crippen LogP contribution is -2.43. The van der Waals surface area contributed by atoms with Crippen molar-refractivity contribution in [1.29, 1.82) is 0 Å². The molecule has 3 aliphatic rings. The molecule has 1 aliphatic heterocycles. The lowest BCUT2D eigenvalue weighted by atomic mass is 9.62. The van der Waals surface area contributed by atoms with Crippen LogP contribution in [0.5, 0.6) is 0 Å². The maximum Gasteiger partial charge on any atom is 0.163 e. The second-order valence-electron chi connectivity index (χ2n) is 7.09. The Morgan fingerprint density at radius 1 is 1.39 bits per heavy atom.